The molecule has 0 saturated heterocycles. The average molecular weight is 303 g/mol. The molecule has 0 amide bonds. The molecule has 20 heavy (non-hydrogen) atoms. The van der Waals surface area contributed by atoms with E-state index in [4.69, 9.17) is 11.6 Å². The zero-order valence-corrected chi connectivity index (χ0v) is 10.7. The van der Waals surface area contributed by atoms with Gasteiger partial charge in [-0.25, -0.2) is 17.9 Å². The number of nitrogens with zero attached hydrogens (tertiary/aromatic N) is 2. The lowest BCUT2D eigenvalue weighted by Gasteiger charge is -2.11. The summed E-state index contributed by atoms with van der Waals surface area (Å²) in [5.74, 6) is -4.53. The predicted octanol–water partition coefficient (Wildman–Crippen LogP) is 2.34. The van der Waals surface area contributed by atoms with Crippen molar-refractivity contribution in [3.8, 4) is 5.69 Å². The smallest absolute Gasteiger partial charge is 0.276 e. The normalized spacial score (nSPS) is 10.7. The lowest BCUT2D eigenvalue weighted by Crippen LogP contribution is -2.21. The number of rotatable bonds is 2. The summed E-state index contributed by atoms with van der Waals surface area (Å²) in [6.45, 7) is 1.39. The van der Waals surface area contributed by atoms with E-state index in [0.717, 1.165) is 16.8 Å². The topological polar surface area (TPSA) is 52.0 Å². The van der Waals surface area contributed by atoms with E-state index < -0.39 is 39.5 Å². The highest BCUT2D eigenvalue weighted by Crippen LogP contribution is 2.19. The van der Waals surface area contributed by atoms with Crippen molar-refractivity contribution < 1.29 is 18.0 Å². The minimum absolute atomic E-state index is 0.126. The predicted molar refractivity (Wildman–Crippen MR) is 64.6 cm³/mol. The summed E-state index contributed by atoms with van der Waals surface area (Å²) in [5, 5.41) is 2.43. The molecular formula is C12H6ClF3N2O2. The summed E-state index contributed by atoms with van der Waals surface area (Å²) in [6.07, 6.45) is 0. The molecule has 104 valence electrons. The number of aromatic nitrogens is 2. The van der Waals surface area contributed by atoms with Crippen molar-refractivity contribution in [2.75, 3.05) is 0 Å². The highest BCUT2D eigenvalue weighted by molar-refractivity contribution is 6.67. The molecule has 0 saturated carbocycles. The van der Waals surface area contributed by atoms with Crippen molar-refractivity contribution in [2.24, 2.45) is 0 Å². The van der Waals surface area contributed by atoms with Gasteiger partial charge in [0.15, 0.2) is 23.1 Å². The number of aryl methyl sites for hydroxylation is 1. The largest absolute Gasteiger partial charge is 0.287 e. The van der Waals surface area contributed by atoms with Crippen LogP contribution in [0.2, 0.25) is 0 Å². The lowest BCUT2D eigenvalue weighted by atomic mass is 10.2. The van der Waals surface area contributed by atoms with Gasteiger partial charge in [-0.15, -0.1) is 0 Å². The molecule has 0 radical (unpaired) electrons. The van der Waals surface area contributed by atoms with Crippen LogP contribution in [0.4, 0.5) is 13.2 Å². The Hall–Kier alpha value is -2.15. The zero-order chi connectivity index (χ0) is 15.0. The molecule has 1 aromatic carbocycles. The Kier molecular flexibility index (Phi) is 3.63. The van der Waals surface area contributed by atoms with Crippen molar-refractivity contribution in [3.63, 3.8) is 0 Å². The van der Waals surface area contributed by atoms with Crippen molar-refractivity contribution in [1.82, 2.24) is 9.78 Å². The quantitative estimate of drug-likeness (QED) is 0.632. The summed E-state index contributed by atoms with van der Waals surface area (Å²) >= 11 is 5.17. The second-order valence-electron chi connectivity index (χ2n) is 3.88. The number of hydrogen-bond donors (Lipinski definition) is 0. The first-order valence-corrected chi connectivity index (χ1v) is 5.65. The van der Waals surface area contributed by atoms with E-state index in [1.54, 1.807) is 0 Å². The molecule has 1 aromatic heterocycles. The molecule has 0 unspecified atom stereocenters. The number of halogens is 4. The van der Waals surface area contributed by atoms with Gasteiger partial charge in [0.05, 0.1) is 0 Å². The molecule has 0 aliphatic rings. The first-order chi connectivity index (χ1) is 9.32. The Balaban J connectivity index is 2.77. The molecule has 0 fully saturated rings. The molecule has 0 bridgehead atoms. The zero-order valence-electron chi connectivity index (χ0n) is 9.95. The van der Waals surface area contributed by atoms with Crippen molar-refractivity contribution >= 4 is 16.8 Å². The SMILES string of the molecule is Cc1cc(=O)c(C(=O)Cl)nn1-c1ccc(F)c(F)c1F. The highest BCUT2D eigenvalue weighted by Gasteiger charge is 2.18. The first kappa shape index (κ1) is 14.3. The summed E-state index contributed by atoms with van der Waals surface area (Å²) in [5.41, 5.74) is -1.70. The van der Waals surface area contributed by atoms with Crippen LogP contribution in [-0.4, -0.2) is 15.0 Å². The van der Waals surface area contributed by atoms with Crippen LogP contribution in [0.5, 0.6) is 0 Å². The maximum absolute atomic E-state index is 13.7. The van der Waals surface area contributed by atoms with Crippen LogP contribution >= 0.6 is 11.6 Å². The number of carbonyl (C=O) groups is 1. The molecule has 0 spiro atoms. The van der Waals surface area contributed by atoms with Crippen LogP contribution in [0.3, 0.4) is 0 Å². The fraction of sp³-hybridized carbons (Fsp3) is 0.0833. The lowest BCUT2D eigenvalue weighted by molar-refractivity contribution is 0.107. The van der Waals surface area contributed by atoms with Gasteiger partial charge < -0.3 is 0 Å². The van der Waals surface area contributed by atoms with Gasteiger partial charge in [-0.1, -0.05) is 0 Å². The van der Waals surface area contributed by atoms with Gasteiger partial charge in [0.2, 0.25) is 5.43 Å². The molecule has 0 aliphatic heterocycles. The maximum Gasteiger partial charge on any atom is 0.276 e. The number of benzene rings is 1. The van der Waals surface area contributed by atoms with Gasteiger partial charge in [0.1, 0.15) is 5.69 Å². The van der Waals surface area contributed by atoms with E-state index in [1.807, 2.05) is 0 Å². The first-order valence-electron chi connectivity index (χ1n) is 5.27. The molecule has 0 atom stereocenters. The Morgan fingerprint density at radius 1 is 1.25 bits per heavy atom. The molecule has 1 heterocycles. The van der Waals surface area contributed by atoms with Gasteiger partial charge in [-0.05, 0) is 30.7 Å². The van der Waals surface area contributed by atoms with E-state index in [1.165, 1.54) is 6.92 Å². The third-order valence-corrected chi connectivity index (χ3v) is 2.72. The van der Waals surface area contributed by atoms with Crippen molar-refractivity contribution in [1.29, 1.82) is 0 Å². The minimum atomic E-state index is -1.68. The molecule has 0 N–H and O–H groups in total. The monoisotopic (exact) mass is 302 g/mol. The van der Waals surface area contributed by atoms with Gasteiger partial charge in [0, 0.05) is 11.8 Å². The number of hydrogen-bond acceptors (Lipinski definition) is 3. The second kappa shape index (κ2) is 5.09. The van der Waals surface area contributed by atoms with Crippen LogP contribution in [0.15, 0.2) is 23.0 Å². The van der Waals surface area contributed by atoms with Crippen LogP contribution in [0, 0.1) is 24.4 Å². The molecular weight excluding hydrogens is 297 g/mol. The van der Waals surface area contributed by atoms with E-state index in [0.29, 0.717) is 6.07 Å². The van der Waals surface area contributed by atoms with E-state index in [2.05, 4.69) is 5.10 Å². The fourth-order valence-electron chi connectivity index (χ4n) is 1.61. The van der Waals surface area contributed by atoms with Gasteiger partial charge in [-0.2, -0.15) is 5.10 Å². The summed E-state index contributed by atoms with van der Waals surface area (Å²) < 4.78 is 40.6. The van der Waals surface area contributed by atoms with E-state index in [9.17, 15) is 22.8 Å². The number of carbonyl (C=O) groups excluding carboxylic acids is 1. The second-order valence-corrected chi connectivity index (χ2v) is 4.22. The Morgan fingerprint density at radius 3 is 2.50 bits per heavy atom. The van der Waals surface area contributed by atoms with Crippen LogP contribution < -0.4 is 5.43 Å². The highest BCUT2D eigenvalue weighted by atomic mass is 35.5. The van der Waals surface area contributed by atoms with Crippen LogP contribution in [-0.2, 0) is 0 Å². The van der Waals surface area contributed by atoms with E-state index >= 15 is 0 Å². The van der Waals surface area contributed by atoms with Gasteiger partial charge in [-0.3, -0.25) is 9.59 Å². The molecule has 4 nitrogen and oxygen atoms in total. The Labute approximate surface area is 115 Å². The van der Waals surface area contributed by atoms with Crippen LogP contribution in [0.25, 0.3) is 5.69 Å². The third-order valence-electron chi connectivity index (χ3n) is 2.54. The maximum atomic E-state index is 13.7. The standard InChI is InChI=1S/C12H6ClF3N2O2/c1-5-4-8(19)11(12(13)20)17-18(5)7-3-2-6(14)9(15)10(7)16/h2-4H,1H3. The molecule has 2 aromatic rings. The fourth-order valence-corrected chi connectivity index (χ4v) is 1.74. The average Bonchev–Trinajstić information content (AvgIpc) is 2.37. The Bertz CT molecular complexity index is 774. The molecule has 8 heteroatoms. The Morgan fingerprint density at radius 2 is 1.90 bits per heavy atom. The van der Waals surface area contributed by atoms with Gasteiger partial charge >= 0.3 is 0 Å². The van der Waals surface area contributed by atoms with E-state index in [-0.39, 0.29) is 5.69 Å². The summed E-state index contributed by atoms with van der Waals surface area (Å²) in [6, 6.07) is 2.62. The molecule has 2 rings (SSSR count). The summed E-state index contributed by atoms with van der Waals surface area (Å²) in [4.78, 5) is 22.5. The van der Waals surface area contributed by atoms with Crippen molar-refractivity contribution in [3.05, 3.63) is 57.3 Å². The molecule has 0 aliphatic carbocycles. The minimum Gasteiger partial charge on any atom is -0.287 e. The third kappa shape index (κ3) is 2.32. The van der Waals surface area contributed by atoms with Crippen molar-refractivity contribution in [2.45, 2.75) is 6.92 Å². The van der Waals surface area contributed by atoms with Gasteiger partial charge in [0.25, 0.3) is 5.24 Å². The summed E-state index contributed by atoms with van der Waals surface area (Å²) in [7, 11) is 0. The van der Waals surface area contributed by atoms with Crippen LogP contribution in [0.1, 0.15) is 16.2 Å².